The molecule has 38 heavy (non-hydrogen) atoms. The predicted octanol–water partition coefficient (Wildman–Crippen LogP) is 3.78. The highest BCUT2D eigenvalue weighted by Crippen LogP contribution is 2.62. The topological polar surface area (TPSA) is 94.6 Å². The van der Waals surface area contributed by atoms with E-state index in [0.717, 1.165) is 0 Å². The fourth-order valence-corrected chi connectivity index (χ4v) is 5.70. The molecule has 2 aliphatic rings. The van der Waals surface area contributed by atoms with Crippen molar-refractivity contribution >= 4 is 29.2 Å². The Morgan fingerprint density at radius 2 is 1.47 bits per heavy atom. The van der Waals surface area contributed by atoms with E-state index in [2.05, 4.69) is 0 Å². The van der Waals surface area contributed by atoms with Crippen LogP contribution in [0.5, 0.6) is 5.75 Å². The first-order valence-corrected chi connectivity index (χ1v) is 12.1. The monoisotopic (exact) mass is 516 g/mol. The molecule has 1 fully saturated rings. The number of hydroxylamine groups is 1. The van der Waals surface area contributed by atoms with Gasteiger partial charge < -0.3 is 19.1 Å². The van der Waals surface area contributed by atoms with Gasteiger partial charge in [-0.1, -0.05) is 48.5 Å². The lowest BCUT2D eigenvalue weighted by Gasteiger charge is -2.54. The van der Waals surface area contributed by atoms with Crippen LogP contribution >= 0.6 is 0 Å². The second-order valence-corrected chi connectivity index (χ2v) is 9.18. The number of hydrogen-bond donors (Lipinski definition) is 0. The van der Waals surface area contributed by atoms with Crippen LogP contribution in [0, 0.1) is 5.41 Å². The maximum absolute atomic E-state index is 14.5. The van der Waals surface area contributed by atoms with Gasteiger partial charge in [-0.2, -0.15) is 0 Å². The van der Waals surface area contributed by atoms with Crippen molar-refractivity contribution in [1.82, 2.24) is 0 Å². The van der Waals surface area contributed by atoms with Gasteiger partial charge >= 0.3 is 11.9 Å². The number of esters is 2. The summed E-state index contributed by atoms with van der Waals surface area (Å²) in [6.07, 6.45) is -1.04. The number of hydrogen-bond acceptors (Lipinski definition) is 8. The van der Waals surface area contributed by atoms with Crippen LogP contribution in [-0.2, 0) is 34.2 Å². The molecule has 0 N–H and O–H groups in total. The molecule has 1 saturated heterocycles. The Morgan fingerprint density at radius 3 is 2.08 bits per heavy atom. The first-order valence-electron chi connectivity index (χ1n) is 12.1. The van der Waals surface area contributed by atoms with Crippen molar-refractivity contribution in [1.29, 1.82) is 0 Å². The SMILES string of the molecule is COC(=O)C1(C(=O)OC)C[C@@H](c2ccc(OC)cc2)ON(c2ccccc2)[C@]12C(=O)N(C)c1ccccc12. The number of rotatable bonds is 5. The Morgan fingerprint density at radius 1 is 0.868 bits per heavy atom. The molecule has 0 aromatic heterocycles. The van der Waals surface area contributed by atoms with E-state index >= 15 is 0 Å². The highest BCUT2D eigenvalue weighted by atomic mass is 16.7. The van der Waals surface area contributed by atoms with Crippen LogP contribution in [-0.4, -0.2) is 46.2 Å². The maximum Gasteiger partial charge on any atom is 0.326 e. The molecular formula is C29H28N2O7. The summed E-state index contributed by atoms with van der Waals surface area (Å²) in [7, 11) is 5.56. The van der Waals surface area contributed by atoms with Crippen LogP contribution in [0.25, 0.3) is 0 Å². The highest BCUT2D eigenvalue weighted by Gasteiger charge is 2.77. The zero-order chi connectivity index (χ0) is 27.1. The molecule has 3 aromatic carbocycles. The fourth-order valence-electron chi connectivity index (χ4n) is 5.70. The van der Waals surface area contributed by atoms with Crippen LogP contribution in [0.4, 0.5) is 11.4 Å². The lowest BCUT2D eigenvalue weighted by atomic mass is 9.61. The third kappa shape index (κ3) is 3.31. The molecule has 2 atom stereocenters. The molecule has 9 nitrogen and oxygen atoms in total. The summed E-state index contributed by atoms with van der Waals surface area (Å²) in [5, 5.41) is 1.39. The van der Waals surface area contributed by atoms with E-state index in [0.29, 0.717) is 28.3 Å². The molecule has 196 valence electrons. The standard InChI is InChI=1S/C29H28N2O7/c1-30-23-13-9-8-12-22(23)29(25(30)32)28(26(33)36-3,27(34)37-4)18-24(19-14-16-21(35-2)17-15-19)38-31(29)20-10-6-5-7-11-20/h5-17,24H,18H2,1-4H3/t24-,29+/m0/s1. The molecule has 0 saturated carbocycles. The number of likely N-dealkylation sites (N-methyl/N-ethyl adjacent to an activating group) is 1. The van der Waals surface area contributed by atoms with E-state index in [1.165, 1.54) is 24.2 Å². The molecule has 9 heteroatoms. The van der Waals surface area contributed by atoms with Crippen molar-refractivity contribution < 1.29 is 33.4 Å². The van der Waals surface area contributed by atoms with Crippen LogP contribution in [0.2, 0.25) is 0 Å². The van der Waals surface area contributed by atoms with Gasteiger partial charge in [0.2, 0.25) is 5.41 Å². The molecule has 2 aliphatic heterocycles. The number of methoxy groups -OCH3 is 3. The lowest BCUT2D eigenvalue weighted by Crippen LogP contribution is -2.71. The van der Waals surface area contributed by atoms with Crippen LogP contribution in [0.1, 0.15) is 23.7 Å². The zero-order valence-electron chi connectivity index (χ0n) is 21.5. The first-order chi connectivity index (χ1) is 18.4. The normalized spacial score (nSPS) is 21.7. The van der Waals surface area contributed by atoms with Crippen molar-refractivity contribution in [3.05, 3.63) is 90.0 Å². The molecule has 0 bridgehead atoms. The van der Waals surface area contributed by atoms with E-state index in [4.69, 9.17) is 19.0 Å². The minimum absolute atomic E-state index is 0.212. The first kappa shape index (κ1) is 25.3. The average molecular weight is 517 g/mol. The summed E-state index contributed by atoms with van der Waals surface area (Å²) in [4.78, 5) is 50.5. The molecule has 1 amide bonds. The molecule has 0 aliphatic carbocycles. The smallest absolute Gasteiger partial charge is 0.326 e. The number of amides is 1. The molecule has 0 unspecified atom stereocenters. The third-order valence-electron chi connectivity index (χ3n) is 7.46. The number of benzene rings is 3. The summed E-state index contributed by atoms with van der Waals surface area (Å²) in [5.41, 5.74) is -1.97. The number of para-hydroxylation sites is 2. The van der Waals surface area contributed by atoms with Gasteiger partial charge in [-0.25, -0.2) is 5.06 Å². The van der Waals surface area contributed by atoms with Gasteiger partial charge in [-0.15, -0.1) is 0 Å². The van der Waals surface area contributed by atoms with Crippen LogP contribution in [0.3, 0.4) is 0 Å². The van der Waals surface area contributed by atoms with Crippen molar-refractivity contribution in [2.45, 2.75) is 18.1 Å². The van der Waals surface area contributed by atoms with Crippen molar-refractivity contribution in [3.8, 4) is 5.75 Å². The number of fused-ring (bicyclic) bond motifs is 2. The molecule has 5 rings (SSSR count). The molecule has 0 radical (unpaired) electrons. The van der Waals surface area contributed by atoms with Crippen LogP contribution < -0.4 is 14.7 Å². The number of nitrogens with zero attached hydrogens (tertiary/aromatic N) is 2. The molecular weight excluding hydrogens is 488 g/mol. The Balaban J connectivity index is 1.86. The van der Waals surface area contributed by atoms with Gasteiger partial charge in [0.1, 0.15) is 11.9 Å². The number of carbonyl (C=O) groups excluding carboxylic acids is 3. The summed E-state index contributed by atoms with van der Waals surface area (Å²) in [6.45, 7) is 0. The van der Waals surface area contributed by atoms with Crippen molar-refractivity contribution in [2.75, 3.05) is 38.3 Å². The number of anilines is 2. The van der Waals surface area contributed by atoms with Gasteiger partial charge in [-0.3, -0.25) is 19.2 Å². The minimum atomic E-state index is -2.13. The van der Waals surface area contributed by atoms with E-state index in [1.54, 1.807) is 87.0 Å². The van der Waals surface area contributed by atoms with E-state index < -0.39 is 34.9 Å². The molecule has 2 heterocycles. The Bertz CT molecular complexity index is 1360. The van der Waals surface area contributed by atoms with Gasteiger partial charge in [-0.05, 0) is 35.9 Å². The van der Waals surface area contributed by atoms with Gasteiger partial charge in [0.05, 0.1) is 27.0 Å². The van der Waals surface area contributed by atoms with E-state index in [-0.39, 0.29) is 6.42 Å². The van der Waals surface area contributed by atoms with E-state index in [1.807, 2.05) is 6.07 Å². The third-order valence-corrected chi connectivity index (χ3v) is 7.46. The second-order valence-electron chi connectivity index (χ2n) is 9.18. The van der Waals surface area contributed by atoms with Gasteiger partial charge in [0.15, 0.2) is 5.54 Å². The summed E-state index contributed by atoms with van der Waals surface area (Å²) in [5.74, 6) is -1.68. The summed E-state index contributed by atoms with van der Waals surface area (Å²) in [6, 6.07) is 23.1. The zero-order valence-corrected chi connectivity index (χ0v) is 21.5. The highest BCUT2D eigenvalue weighted by molar-refractivity contribution is 6.18. The van der Waals surface area contributed by atoms with Crippen LogP contribution in [0.15, 0.2) is 78.9 Å². The summed E-state index contributed by atoms with van der Waals surface area (Å²) < 4.78 is 15.9. The summed E-state index contributed by atoms with van der Waals surface area (Å²) >= 11 is 0. The Kier molecular flexibility index (Phi) is 6.32. The lowest BCUT2D eigenvalue weighted by molar-refractivity contribution is -0.200. The van der Waals surface area contributed by atoms with Crippen molar-refractivity contribution in [2.24, 2.45) is 5.41 Å². The largest absolute Gasteiger partial charge is 0.497 e. The molecule has 1 spiro atoms. The minimum Gasteiger partial charge on any atom is -0.497 e. The quantitative estimate of drug-likeness (QED) is 0.374. The van der Waals surface area contributed by atoms with Gasteiger partial charge in [0, 0.05) is 24.7 Å². The fraction of sp³-hybridized carbons (Fsp3) is 0.276. The second kappa shape index (κ2) is 9.50. The maximum atomic E-state index is 14.5. The number of ether oxygens (including phenoxy) is 3. The van der Waals surface area contributed by atoms with Crippen molar-refractivity contribution in [3.63, 3.8) is 0 Å². The average Bonchev–Trinajstić information content (AvgIpc) is 3.20. The van der Waals surface area contributed by atoms with Gasteiger partial charge in [0.25, 0.3) is 5.91 Å². The Labute approximate surface area is 220 Å². The number of carbonyl (C=O) groups is 3. The molecule has 3 aromatic rings. The predicted molar refractivity (Wildman–Crippen MR) is 138 cm³/mol. The Hall–Kier alpha value is -4.37. The van der Waals surface area contributed by atoms with E-state index in [9.17, 15) is 14.4 Å².